The molecule has 1 unspecified atom stereocenters. The number of rotatable bonds is 4. The molecule has 1 atom stereocenters. The largest absolute Gasteiger partial charge is 0.481 e. The van der Waals surface area contributed by atoms with E-state index in [1.807, 2.05) is 6.92 Å². The topological polar surface area (TPSA) is 80.9 Å². The van der Waals surface area contributed by atoms with Gasteiger partial charge in [-0.05, 0) is 6.42 Å². The monoisotopic (exact) mass is 234 g/mol. The lowest BCUT2D eigenvalue weighted by molar-refractivity contribution is -0.139. The normalized spacial score (nSPS) is 12.8. The van der Waals surface area contributed by atoms with E-state index in [-0.39, 0.29) is 0 Å². The van der Waals surface area contributed by atoms with E-state index < -0.39 is 11.9 Å². The molecule has 0 spiro atoms. The van der Waals surface area contributed by atoms with Crippen LogP contribution in [0.3, 0.4) is 0 Å². The summed E-state index contributed by atoms with van der Waals surface area (Å²) in [4.78, 5) is 19.5. The molecule has 1 N–H and O–H groups in total. The molecule has 0 fully saturated rings. The van der Waals surface area contributed by atoms with Crippen molar-refractivity contribution in [3.05, 3.63) is 18.2 Å². The lowest BCUT2D eigenvalue weighted by Crippen LogP contribution is -2.13. The lowest BCUT2D eigenvalue weighted by atomic mass is 9.98. The van der Waals surface area contributed by atoms with E-state index in [0.29, 0.717) is 17.8 Å². The maximum Gasteiger partial charge on any atom is 0.312 e. The second kappa shape index (κ2) is 4.48. The van der Waals surface area contributed by atoms with Crippen molar-refractivity contribution in [1.29, 1.82) is 0 Å². The summed E-state index contributed by atoms with van der Waals surface area (Å²) >= 11 is 0. The average molecular weight is 234 g/mol. The van der Waals surface area contributed by atoms with Gasteiger partial charge in [-0.1, -0.05) is 13.3 Å². The Bertz CT molecular complexity index is 549. The second-order valence-electron chi connectivity index (χ2n) is 3.94. The van der Waals surface area contributed by atoms with Crippen LogP contribution in [0, 0.1) is 0 Å². The van der Waals surface area contributed by atoms with Crippen LogP contribution in [-0.2, 0) is 11.8 Å². The van der Waals surface area contributed by atoms with Gasteiger partial charge >= 0.3 is 5.97 Å². The minimum Gasteiger partial charge on any atom is -0.481 e. The van der Waals surface area contributed by atoms with Crippen molar-refractivity contribution in [2.75, 3.05) is 0 Å². The zero-order chi connectivity index (χ0) is 12.4. The van der Waals surface area contributed by atoms with Gasteiger partial charge in [0.25, 0.3) is 0 Å². The highest BCUT2D eigenvalue weighted by molar-refractivity contribution is 5.85. The summed E-state index contributed by atoms with van der Waals surface area (Å²) < 4.78 is 1.62. The summed E-state index contributed by atoms with van der Waals surface area (Å²) in [7, 11) is 1.77. The molecule has 0 saturated heterocycles. The standard InChI is InChI=1S/C11H14N4O2/c1-3-4-7(11(16)17)9-8-5-14-15(2)10(8)13-6-12-9/h5-7H,3-4H2,1-2H3,(H,16,17). The smallest absolute Gasteiger partial charge is 0.312 e. The van der Waals surface area contributed by atoms with Crippen LogP contribution >= 0.6 is 0 Å². The first-order chi connectivity index (χ1) is 8.15. The first kappa shape index (κ1) is 11.5. The molecule has 17 heavy (non-hydrogen) atoms. The fraction of sp³-hybridized carbons (Fsp3) is 0.455. The van der Waals surface area contributed by atoms with Crippen molar-refractivity contribution in [1.82, 2.24) is 19.7 Å². The highest BCUT2D eigenvalue weighted by atomic mass is 16.4. The molecule has 0 saturated carbocycles. The Labute approximate surface area is 98.3 Å². The first-order valence-corrected chi connectivity index (χ1v) is 5.50. The number of nitrogens with zero attached hydrogens (tertiary/aromatic N) is 4. The van der Waals surface area contributed by atoms with Gasteiger partial charge in [-0.25, -0.2) is 9.97 Å². The Hall–Kier alpha value is -1.98. The van der Waals surface area contributed by atoms with E-state index in [4.69, 9.17) is 0 Å². The zero-order valence-corrected chi connectivity index (χ0v) is 9.79. The van der Waals surface area contributed by atoms with Gasteiger partial charge in [0, 0.05) is 7.05 Å². The third-order valence-electron chi connectivity index (χ3n) is 2.77. The third-order valence-corrected chi connectivity index (χ3v) is 2.77. The Morgan fingerprint density at radius 1 is 1.53 bits per heavy atom. The molecular weight excluding hydrogens is 220 g/mol. The van der Waals surface area contributed by atoms with Gasteiger partial charge in [0.1, 0.15) is 6.33 Å². The van der Waals surface area contributed by atoms with Crippen molar-refractivity contribution in [3.63, 3.8) is 0 Å². The van der Waals surface area contributed by atoms with Crippen molar-refractivity contribution in [2.45, 2.75) is 25.7 Å². The Balaban J connectivity index is 2.56. The van der Waals surface area contributed by atoms with E-state index in [1.165, 1.54) is 6.33 Å². The molecule has 2 rings (SSSR count). The van der Waals surface area contributed by atoms with Crippen molar-refractivity contribution in [3.8, 4) is 0 Å². The number of hydrogen-bond acceptors (Lipinski definition) is 4. The van der Waals surface area contributed by atoms with Gasteiger partial charge < -0.3 is 5.11 Å². The van der Waals surface area contributed by atoms with E-state index in [0.717, 1.165) is 11.8 Å². The molecule has 6 heteroatoms. The molecular formula is C11H14N4O2. The van der Waals surface area contributed by atoms with Crippen molar-refractivity contribution >= 4 is 17.0 Å². The van der Waals surface area contributed by atoms with Crippen molar-refractivity contribution in [2.24, 2.45) is 7.05 Å². The molecule has 0 radical (unpaired) electrons. The predicted octanol–water partition coefficient (Wildman–Crippen LogP) is 1.33. The summed E-state index contributed by atoms with van der Waals surface area (Å²) in [5.41, 5.74) is 1.22. The summed E-state index contributed by atoms with van der Waals surface area (Å²) in [6.45, 7) is 1.96. The number of carboxylic acid groups (broad SMARTS) is 1. The second-order valence-corrected chi connectivity index (χ2v) is 3.94. The minimum absolute atomic E-state index is 0.553. The average Bonchev–Trinajstić information content (AvgIpc) is 2.68. The fourth-order valence-electron chi connectivity index (χ4n) is 1.92. The molecule has 0 aliphatic heterocycles. The zero-order valence-electron chi connectivity index (χ0n) is 9.79. The van der Waals surface area contributed by atoms with Crippen LogP contribution in [0.1, 0.15) is 31.4 Å². The Kier molecular flexibility index (Phi) is 3.03. The van der Waals surface area contributed by atoms with E-state index in [9.17, 15) is 9.90 Å². The van der Waals surface area contributed by atoms with E-state index in [2.05, 4.69) is 15.1 Å². The van der Waals surface area contributed by atoms with E-state index >= 15 is 0 Å². The minimum atomic E-state index is -0.851. The summed E-state index contributed by atoms with van der Waals surface area (Å²) in [5, 5.41) is 14.0. The molecule has 0 aromatic carbocycles. The van der Waals surface area contributed by atoms with Crippen LogP contribution in [0.4, 0.5) is 0 Å². The van der Waals surface area contributed by atoms with Crippen LogP contribution in [0.5, 0.6) is 0 Å². The van der Waals surface area contributed by atoms with Gasteiger partial charge in [0.2, 0.25) is 0 Å². The molecule has 90 valence electrons. The number of aliphatic carboxylic acids is 1. The van der Waals surface area contributed by atoms with Crippen LogP contribution < -0.4 is 0 Å². The molecule has 6 nitrogen and oxygen atoms in total. The van der Waals surface area contributed by atoms with Crippen LogP contribution in [-0.4, -0.2) is 30.8 Å². The Morgan fingerprint density at radius 2 is 2.29 bits per heavy atom. The summed E-state index contributed by atoms with van der Waals surface area (Å²) in [6, 6.07) is 0. The van der Waals surface area contributed by atoms with Gasteiger partial charge in [-0.2, -0.15) is 5.10 Å². The highest BCUT2D eigenvalue weighted by Gasteiger charge is 2.23. The Morgan fingerprint density at radius 3 is 2.94 bits per heavy atom. The number of fused-ring (bicyclic) bond motifs is 1. The summed E-state index contributed by atoms with van der Waals surface area (Å²) in [5.74, 6) is -1.44. The molecule has 0 aliphatic carbocycles. The van der Waals surface area contributed by atoms with Crippen LogP contribution in [0.15, 0.2) is 12.5 Å². The van der Waals surface area contributed by atoms with Gasteiger partial charge in [-0.15, -0.1) is 0 Å². The highest BCUT2D eigenvalue weighted by Crippen LogP contribution is 2.25. The number of hydrogen-bond donors (Lipinski definition) is 1. The maximum absolute atomic E-state index is 11.3. The molecule has 0 amide bonds. The number of aryl methyl sites for hydroxylation is 1. The molecule has 0 bridgehead atoms. The maximum atomic E-state index is 11.3. The number of aromatic nitrogens is 4. The first-order valence-electron chi connectivity index (χ1n) is 5.50. The van der Waals surface area contributed by atoms with Crippen LogP contribution in [0.25, 0.3) is 11.0 Å². The third kappa shape index (κ3) is 1.98. The fourth-order valence-corrected chi connectivity index (χ4v) is 1.92. The lowest BCUT2D eigenvalue weighted by Gasteiger charge is -2.10. The molecule has 2 aromatic rings. The molecule has 2 aromatic heterocycles. The molecule has 0 aliphatic rings. The predicted molar refractivity (Wildman–Crippen MR) is 61.6 cm³/mol. The quantitative estimate of drug-likeness (QED) is 0.863. The van der Waals surface area contributed by atoms with Crippen LogP contribution in [0.2, 0.25) is 0 Å². The molecule has 2 heterocycles. The SMILES string of the molecule is CCCC(C(=O)O)c1ncnc2c1cnn2C. The number of carbonyl (C=O) groups is 1. The number of carboxylic acids is 1. The summed E-state index contributed by atoms with van der Waals surface area (Å²) in [6.07, 6.45) is 4.38. The van der Waals surface area contributed by atoms with Crippen molar-refractivity contribution < 1.29 is 9.90 Å². The van der Waals surface area contributed by atoms with E-state index in [1.54, 1.807) is 17.9 Å². The van der Waals surface area contributed by atoms with Gasteiger partial charge in [-0.3, -0.25) is 9.48 Å². The van der Waals surface area contributed by atoms with Gasteiger partial charge in [0.15, 0.2) is 5.65 Å². The van der Waals surface area contributed by atoms with Gasteiger partial charge in [0.05, 0.1) is 23.2 Å².